The number of ether oxygens (including phenoxy) is 1. The van der Waals surface area contributed by atoms with Crippen molar-refractivity contribution in [2.75, 3.05) is 11.9 Å². The SMILES string of the molecule is CCCCOc1c(Cl)cc(C(=O)Nc2ccc(C)cc2C)cc1Cl. The molecule has 0 spiro atoms. The van der Waals surface area contributed by atoms with Crippen molar-refractivity contribution in [2.24, 2.45) is 0 Å². The van der Waals surface area contributed by atoms with Gasteiger partial charge in [0.05, 0.1) is 16.7 Å². The van der Waals surface area contributed by atoms with E-state index in [2.05, 4.69) is 12.2 Å². The van der Waals surface area contributed by atoms with Gasteiger partial charge in [0.25, 0.3) is 5.91 Å². The quantitative estimate of drug-likeness (QED) is 0.633. The molecule has 24 heavy (non-hydrogen) atoms. The molecule has 2 aromatic rings. The van der Waals surface area contributed by atoms with Crippen molar-refractivity contribution in [1.82, 2.24) is 0 Å². The molecular formula is C19H21Cl2NO2. The molecule has 0 fully saturated rings. The van der Waals surface area contributed by atoms with E-state index in [0.29, 0.717) is 28.0 Å². The van der Waals surface area contributed by atoms with Gasteiger partial charge < -0.3 is 10.1 Å². The zero-order valence-corrected chi connectivity index (χ0v) is 15.6. The first-order valence-electron chi connectivity index (χ1n) is 7.92. The fourth-order valence-electron chi connectivity index (χ4n) is 2.30. The van der Waals surface area contributed by atoms with Crippen LogP contribution in [0.5, 0.6) is 5.75 Å². The van der Waals surface area contributed by atoms with Crippen LogP contribution in [0, 0.1) is 13.8 Å². The van der Waals surface area contributed by atoms with Gasteiger partial charge in [-0.05, 0) is 44.0 Å². The maximum atomic E-state index is 12.5. The molecule has 0 heterocycles. The summed E-state index contributed by atoms with van der Waals surface area (Å²) in [5, 5.41) is 3.56. The van der Waals surface area contributed by atoms with Gasteiger partial charge in [-0.3, -0.25) is 4.79 Å². The van der Waals surface area contributed by atoms with Gasteiger partial charge >= 0.3 is 0 Å². The third-order valence-corrected chi connectivity index (χ3v) is 4.20. The van der Waals surface area contributed by atoms with Gasteiger partial charge in [0, 0.05) is 11.3 Å². The number of hydrogen-bond donors (Lipinski definition) is 1. The van der Waals surface area contributed by atoms with Crippen molar-refractivity contribution in [3.63, 3.8) is 0 Å². The van der Waals surface area contributed by atoms with E-state index in [9.17, 15) is 4.79 Å². The minimum atomic E-state index is -0.258. The van der Waals surface area contributed by atoms with Crippen LogP contribution in [0.3, 0.4) is 0 Å². The monoisotopic (exact) mass is 365 g/mol. The minimum Gasteiger partial charge on any atom is -0.490 e. The molecule has 0 saturated heterocycles. The van der Waals surface area contributed by atoms with Crippen LogP contribution in [0.4, 0.5) is 5.69 Å². The van der Waals surface area contributed by atoms with E-state index in [-0.39, 0.29) is 5.91 Å². The van der Waals surface area contributed by atoms with Gasteiger partial charge in [-0.2, -0.15) is 0 Å². The van der Waals surface area contributed by atoms with Crippen LogP contribution in [0.1, 0.15) is 41.3 Å². The summed E-state index contributed by atoms with van der Waals surface area (Å²) in [5.74, 6) is 0.167. The molecule has 0 unspecified atom stereocenters. The predicted octanol–water partition coefficient (Wildman–Crippen LogP) is 6.04. The Balaban J connectivity index is 2.18. The van der Waals surface area contributed by atoms with E-state index in [1.807, 2.05) is 32.0 Å². The second-order valence-electron chi connectivity index (χ2n) is 5.74. The third-order valence-electron chi connectivity index (χ3n) is 3.63. The maximum absolute atomic E-state index is 12.5. The number of amides is 1. The zero-order valence-electron chi connectivity index (χ0n) is 14.1. The van der Waals surface area contributed by atoms with Crippen LogP contribution in [-0.2, 0) is 0 Å². The number of carbonyl (C=O) groups is 1. The molecule has 3 nitrogen and oxygen atoms in total. The van der Waals surface area contributed by atoms with Crippen LogP contribution in [0.25, 0.3) is 0 Å². The second kappa shape index (κ2) is 8.41. The van der Waals surface area contributed by atoms with Crippen LogP contribution >= 0.6 is 23.2 Å². The van der Waals surface area contributed by atoms with Crippen molar-refractivity contribution in [2.45, 2.75) is 33.6 Å². The van der Waals surface area contributed by atoms with E-state index >= 15 is 0 Å². The van der Waals surface area contributed by atoms with Crippen molar-refractivity contribution in [1.29, 1.82) is 0 Å². The Morgan fingerprint density at radius 1 is 1.12 bits per heavy atom. The molecule has 0 aromatic heterocycles. The lowest BCUT2D eigenvalue weighted by molar-refractivity contribution is 0.102. The zero-order chi connectivity index (χ0) is 17.7. The molecule has 0 aliphatic carbocycles. The van der Waals surface area contributed by atoms with Crippen molar-refractivity contribution in [3.8, 4) is 5.75 Å². The highest BCUT2D eigenvalue weighted by molar-refractivity contribution is 6.37. The molecule has 1 amide bonds. The lowest BCUT2D eigenvalue weighted by Crippen LogP contribution is -2.13. The molecule has 2 rings (SSSR count). The highest BCUT2D eigenvalue weighted by Crippen LogP contribution is 2.34. The Morgan fingerprint density at radius 3 is 2.38 bits per heavy atom. The van der Waals surface area contributed by atoms with E-state index < -0.39 is 0 Å². The Bertz CT molecular complexity index is 721. The van der Waals surface area contributed by atoms with E-state index in [1.54, 1.807) is 12.1 Å². The lowest BCUT2D eigenvalue weighted by atomic mass is 10.1. The predicted molar refractivity (Wildman–Crippen MR) is 101 cm³/mol. The molecule has 128 valence electrons. The van der Waals surface area contributed by atoms with E-state index in [4.69, 9.17) is 27.9 Å². The standard InChI is InChI=1S/C19H21Cl2NO2/c1-4-5-8-24-18-15(20)10-14(11-16(18)21)19(23)22-17-7-6-12(2)9-13(17)3/h6-7,9-11H,4-5,8H2,1-3H3,(H,22,23). The fraction of sp³-hybridized carbons (Fsp3) is 0.316. The highest BCUT2D eigenvalue weighted by Gasteiger charge is 2.15. The minimum absolute atomic E-state index is 0.258. The number of hydrogen-bond acceptors (Lipinski definition) is 2. The Labute approximate surface area is 152 Å². The second-order valence-corrected chi connectivity index (χ2v) is 6.56. The van der Waals surface area contributed by atoms with Crippen LogP contribution in [-0.4, -0.2) is 12.5 Å². The molecule has 5 heteroatoms. The maximum Gasteiger partial charge on any atom is 0.255 e. The first kappa shape index (κ1) is 18.6. The number of rotatable bonds is 6. The molecule has 0 atom stereocenters. The topological polar surface area (TPSA) is 38.3 Å². The summed E-state index contributed by atoms with van der Waals surface area (Å²) in [6, 6.07) is 9.00. The molecule has 0 saturated carbocycles. The van der Waals surface area contributed by atoms with E-state index in [1.165, 1.54) is 0 Å². The number of halogens is 2. The Hall–Kier alpha value is -1.71. The van der Waals surface area contributed by atoms with Crippen molar-refractivity contribution >= 4 is 34.8 Å². The van der Waals surface area contributed by atoms with Crippen molar-refractivity contribution in [3.05, 3.63) is 57.1 Å². The molecule has 0 aliphatic heterocycles. The first-order chi connectivity index (χ1) is 11.4. The average molecular weight is 366 g/mol. The molecule has 0 radical (unpaired) electrons. The first-order valence-corrected chi connectivity index (χ1v) is 8.68. The van der Waals surface area contributed by atoms with Crippen LogP contribution in [0.15, 0.2) is 30.3 Å². The van der Waals surface area contributed by atoms with Gasteiger partial charge in [0.2, 0.25) is 0 Å². The fourth-order valence-corrected chi connectivity index (χ4v) is 2.89. The number of aryl methyl sites for hydroxylation is 2. The Kier molecular flexibility index (Phi) is 6.52. The van der Waals surface area contributed by atoms with Gasteiger partial charge in [-0.25, -0.2) is 0 Å². The van der Waals surface area contributed by atoms with Gasteiger partial charge in [-0.15, -0.1) is 0 Å². The lowest BCUT2D eigenvalue weighted by Gasteiger charge is -2.13. The Morgan fingerprint density at radius 2 is 1.79 bits per heavy atom. The van der Waals surface area contributed by atoms with Gasteiger partial charge in [0.15, 0.2) is 5.75 Å². The van der Waals surface area contributed by atoms with Crippen LogP contribution in [0.2, 0.25) is 10.0 Å². The highest BCUT2D eigenvalue weighted by atomic mass is 35.5. The largest absolute Gasteiger partial charge is 0.490 e. The van der Waals surface area contributed by atoms with Gasteiger partial charge in [0.1, 0.15) is 0 Å². The smallest absolute Gasteiger partial charge is 0.255 e. The third kappa shape index (κ3) is 4.65. The number of anilines is 1. The number of nitrogens with one attached hydrogen (secondary N) is 1. The number of unbranched alkanes of at least 4 members (excludes halogenated alkanes) is 1. The molecule has 1 N–H and O–H groups in total. The summed E-state index contributed by atoms with van der Waals surface area (Å²) in [6.07, 6.45) is 1.94. The molecule has 0 aliphatic rings. The van der Waals surface area contributed by atoms with Crippen LogP contribution < -0.4 is 10.1 Å². The molecule has 0 bridgehead atoms. The summed E-state index contributed by atoms with van der Waals surface area (Å²) in [6.45, 7) is 6.58. The molecular weight excluding hydrogens is 345 g/mol. The average Bonchev–Trinajstić information content (AvgIpc) is 2.52. The summed E-state index contributed by atoms with van der Waals surface area (Å²) >= 11 is 12.4. The van der Waals surface area contributed by atoms with Gasteiger partial charge in [-0.1, -0.05) is 54.2 Å². The normalized spacial score (nSPS) is 10.5. The summed E-state index contributed by atoms with van der Waals surface area (Å²) in [5.41, 5.74) is 3.30. The number of benzene rings is 2. The van der Waals surface area contributed by atoms with E-state index in [0.717, 1.165) is 29.7 Å². The molecule has 2 aromatic carbocycles. The number of carbonyl (C=O) groups excluding carboxylic acids is 1. The summed E-state index contributed by atoms with van der Waals surface area (Å²) < 4.78 is 5.60. The van der Waals surface area contributed by atoms with Crippen molar-refractivity contribution < 1.29 is 9.53 Å². The summed E-state index contributed by atoms with van der Waals surface area (Å²) in [4.78, 5) is 12.5. The summed E-state index contributed by atoms with van der Waals surface area (Å²) in [7, 11) is 0.